The monoisotopic (exact) mass is 369 g/mol. The predicted octanol–water partition coefficient (Wildman–Crippen LogP) is 1.86. The fraction of sp³-hybridized carbons (Fsp3) is 0.357. The standard InChI is InChI=1S/C14H12ClN3O3S2/c15-9-3-1-2-4-10(9)18-11-7-23(20,21)8-12(11)22-14(18)17-13(19)5-6-16/h1-4,11-12H,5,7-8H2. The van der Waals surface area contributed by atoms with E-state index in [0.717, 1.165) is 0 Å². The number of para-hydroxylation sites is 1. The molecular weight excluding hydrogens is 358 g/mol. The van der Waals surface area contributed by atoms with Crippen LogP contribution >= 0.6 is 23.4 Å². The first-order valence-electron chi connectivity index (χ1n) is 6.80. The summed E-state index contributed by atoms with van der Waals surface area (Å²) < 4.78 is 23.8. The summed E-state index contributed by atoms with van der Waals surface area (Å²) >= 11 is 7.49. The van der Waals surface area contributed by atoms with E-state index in [4.69, 9.17) is 16.9 Å². The molecule has 0 spiro atoms. The number of carbonyl (C=O) groups excluding carboxylic acids is 1. The molecule has 23 heavy (non-hydrogen) atoms. The lowest BCUT2D eigenvalue weighted by atomic mass is 10.2. The van der Waals surface area contributed by atoms with Gasteiger partial charge in [0.15, 0.2) is 15.0 Å². The average Bonchev–Trinajstić information content (AvgIpc) is 2.91. The summed E-state index contributed by atoms with van der Waals surface area (Å²) in [4.78, 5) is 17.4. The molecule has 0 radical (unpaired) electrons. The second kappa shape index (κ2) is 6.15. The summed E-state index contributed by atoms with van der Waals surface area (Å²) in [5, 5.41) is 9.28. The molecule has 1 aromatic carbocycles. The molecule has 2 atom stereocenters. The van der Waals surface area contributed by atoms with Gasteiger partial charge in [0.25, 0.3) is 5.91 Å². The topological polar surface area (TPSA) is 90.6 Å². The zero-order valence-corrected chi connectivity index (χ0v) is 14.2. The number of carbonyl (C=O) groups is 1. The first-order valence-corrected chi connectivity index (χ1v) is 9.88. The number of amidine groups is 1. The lowest BCUT2D eigenvalue weighted by molar-refractivity contribution is -0.116. The van der Waals surface area contributed by atoms with Crippen LogP contribution in [0.3, 0.4) is 0 Å². The van der Waals surface area contributed by atoms with Crippen molar-refractivity contribution in [3.63, 3.8) is 0 Å². The summed E-state index contributed by atoms with van der Waals surface area (Å²) in [6, 6.07) is 8.49. The van der Waals surface area contributed by atoms with Crippen molar-refractivity contribution in [1.82, 2.24) is 0 Å². The molecule has 0 N–H and O–H groups in total. The number of rotatable bonds is 2. The number of anilines is 1. The number of amides is 1. The van der Waals surface area contributed by atoms with E-state index in [9.17, 15) is 13.2 Å². The highest BCUT2D eigenvalue weighted by atomic mass is 35.5. The second-order valence-electron chi connectivity index (χ2n) is 5.24. The van der Waals surface area contributed by atoms with Gasteiger partial charge in [0, 0.05) is 5.25 Å². The minimum Gasteiger partial charge on any atom is -0.314 e. The zero-order chi connectivity index (χ0) is 16.6. The van der Waals surface area contributed by atoms with Gasteiger partial charge in [-0.05, 0) is 12.1 Å². The van der Waals surface area contributed by atoms with Crippen LogP contribution in [-0.2, 0) is 14.6 Å². The predicted molar refractivity (Wildman–Crippen MR) is 90.4 cm³/mol. The summed E-state index contributed by atoms with van der Waals surface area (Å²) in [6.07, 6.45) is -0.311. The first kappa shape index (κ1) is 16.3. The van der Waals surface area contributed by atoms with Crippen LogP contribution in [0.4, 0.5) is 5.69 Å². The molecule has 0 aromatic heterocycles. The van der Waals surface area contributed by atoms with Gasteiger partial charge in [0.2, 0.25) is 0 Å². The van der Waals surface area contributed by atoms with Crippen LogP contribution in [0, 0.1) is 11.3 Å². The van der Waals surface area contributed by atoms with E-state index in [2.05, 4.69) is 4.99 Å². The average molecular weight is 370 g/mol. The molecule has 2 aliphatic heterocycles. The molecule has 0 aliphatic carbocycles. The Kier molecular flexibility index (Phi) is 4.36. The third kappa shape index (κ3) is 3.22. The third-order valence-corrected chi connectivity index (χ3v) is 7.16. The third-order valence-electron chi connectivity index (χ3n) is 3.63. The highest BCUT2D eigenvalue weighted by Gasteiger charge is 2.49. The lowest BCUT2D eigenvalue weighted by Crippen LogP contribution is -2.37. The largest absolute Gasteiger partial charge is 0.314 e. The summed E-state index contributed by atoms with van der Waals surface area (Å²) in [5.74, 6) is -0.495. The number of fused-ring (bicyclic) bond motifs is 1. The van der Waals surface area contributed by atoms with Gasteiger partial charge in [-0.3, -0.25) is 4.79 Å². The Morgan fingerprint density at radius 1 is 1.43 bits per heavy atom. The van der Waals surface area contributed by atoms with E-state index in [1.54, 1.807) is 35.2 Å². The summed E-state index contributed by atoms with van der Waals surface area (Å²) in [6.45, 7) is 0. The van der Waals surface area contributed by atoms with E-state index in [-0.39, 0.29) is 29.2 Å². The Morgan fingerprint density at radius 3 is 2.87 bits per heavy atom. The maximum absolute atomic E-state index is 11.9. The quantitative estimate of drug-likeness (QED) is 0.790. The number of sulfone groups is 1. The van der Waals surface area contributed by atoms with E-state index in [1.165, 1.54) is 11.8 Å². The van der Waals surface area contributed by atoms with Crippen LogP contribution in [0.1, 0.15) is 6.42 Å². The van der Waals surface area contributed by atoms with Crippen molar-refractivity contribution in [1.29, 1.82) is 5.26 Å². The molecule has 6 nitrogen and oxygen atoms in total. The Labute approximate surface area is 143 Å². The molecule has 3 rings (SSSR count). The number of nitriles is 1. The van der Waals surface area contributed by atoms with Crippen LogP contribution in [0.2, 0.25) is 5.02 Å². The number of hydrogen-bond donors (Lipinski definition) is 0. The van der Waals surface area contributed by atoms with Gasteiger partial charge in [-0.2, -0.15) is 10.3 Å². The number of hydrogen-bond acceptors (Lipinski definition) is 5. The SMILES string of the molecule is N#CCC(=O)N=C1SC2CS(=O)(=O)CC2N1c1ccccc1Cl. The van der Waals surface area contributed by atoms with Gasteiger partial charge in [-0.1, -0.05) is 35.5 Å². The van der Waals surface area contributed by atoms with Crippen LogP contribution in [0.25, 0.3) is 0 Å². The number of thioether (sulfide) groups is 1. The summed E-state index contributed by atoms with van der Waals surface area (Å²) in [5.41, 5.74) is 0.620. The molecule has 2 saturated heterocycles. The van der Waals surface area contributed by atoms with Crippen LogP contribution in [0.15, 0.2) is 29.3 Å². The van der Waals surface area contributed by atoms with Gasteiger partial charge in [0.05, 0.1) is 34.3 Å². The van der Waals surface area contributed by atoms with Gasteiger partial charge in [0.1, 0.15) is 6.42 Å². The van der Waals surface area contributed by atoms with Crippen molar-refractivity contribution >= 4 is 50.0 Å². The second-order valence-corrected chi connectivity index (χ2v) is 9.01. The number of halogens is 1. The van der Waals surface area contributed by atoms with Crippen LogP contribution < -0.4 is 4.90 Å². The molecular formula is C14H12ClN3O3S2. The Balaban J connectivity index is 2.03. The van der Waals surface area contributed by atoms with Gasteiger partial charge < -0.3 is 4.90 Å². The van der Waals surface area contributed by atoms with Crippen molar-refractivity contribution in [2.24, 2.45) is 4.99 Å². The fourth-order valence-electron chi connectivity index (χ4n) is 2.71. The molecule has 9 heteroatoms. The number of aliphatic imine (C=N–C) groups is 1. The Bertz CT molecular complexity index is 832. The van der Waals surface area contributed by atoms with Gasteiger partial charge >= 0.3 is 0 Å². The van der Waals surface area contributed by atoms with Crippen molar-refractivity contribution in [2.45, 2.75) is 17.7 Å². The highest BCUT2D eigenvalue weighted by molar-refractivity contribution is 8.16. The minimum atomic E-state index is -3.12. The van der Waals surface area contributed by atoms with Crippen molar-refractivity contribution in [2.75, 3.05) is 16.4 Å². The zero-order valence-electron chi connectivity index (χ0n) is 11.8. The molecule has 2 aliphatic rings. The molecule has 2 unspecified atom stereocenters. The van der Waals surface area contributed by atoms with Crippen LogP contribution in [-0.4, -0.2) is 42.3 Å². The minimum absolute atomic E-state index is 0.00134. The van der Waals surface area contributed by atoms with Crippen molar-refractivity contribution in [3.8, 4) is 6.07 Å². The molecule has 0 saturated carbocycles. The Hall–Kier alpha value is -1.56. The number of nitrogens with zero attached hydrogens (tertiary/aromatic N) is 3. The van der Waals surface area contributed by atoms with Crippen molar-refractivity contribution in [3.05, 3.63) is 29.3 Å². The van der Waals surface area contributed by atoms with Crippen molar-refractivity contribution < 1.29 is 13.2 Å². The molecule has 1 aromatic rings. The molecule has 1 amide bonds. The Morgan fingerprint density at radius 2 is 2.17 bits per heavy atom. The summed E-state index contributed by atoms with van der Waals surface area (Å²) in [7, 11) is -3.12. The normalized spacial score (nSPS) is 27.0. The molecule has 120 valence electrons. The number of benzene rings is 1. The first-order chi connectivity index (χ1) is 10.9. The highest BCUT2D eigenvalue weighted by Crippen LogP contribution is 2.42. The van der Waals surface area contributed by atoms with E-state index in [1.807, 2.05) is 0 Å². The van der Waals surface area contributed by atoms with Crippen LogP contribution in [0.5, 0.6) is 0 Å². The molecule has 2 fully saturated rings. The van der Waals surface area contributed by atoms with E-state index < -0.39 is 15.7 Å². The van der Waals surface area contributed by atoms with Gasteiger partial charge in [-0.25, -0.2) is 8.42 Å². The molecule has 0 bridgehead atoms. The maximum Gasteiger partial charge on any atom is 0.262 e. The molecule has 2 heterocycles. The van der Waals surface area contributed by atoms with Gasteiger partial charge in [-0.15, -0.1) is 0 Å². The van der Waals surface area contributed by atoms with E-state index >= 15 is 0 Å². The smallest absolute Gasteiger partial charge is 0.262 e. The fourth-order valence-corrected chi connectivity index (χ4v) is 6.86. The van der Waals surface area contributed by atoms with E-state index in [0.29, 0.717) is 15.9 Å². The maximum atomic E-state index is 11.9. The lowest BCUT2D eigenvalue weighted by Gasteiger charge is -2.25.